The molecule has 2 amide bonds. The first kappa shape index (κ1) is 24.0. The number of benzene rings is 3. The summed E-state index contributed by atoms with van der Waals surface area (Å²) in [7, 11) is 0. The number of para-hydroxylation sites is 2. The Bertz CT molecular complexity index is 1660. The molecule has 0 radical (unpaired) electrons. The van der Waals surface area contributed by atoms with Crippen molar-refractivity contribution in [2.75, 3.05) is 0 Å². The van der Waals surface area contributed by atoms with Crippen molar-refractivity contribution in [3.8, 4) is 0 Å². The number of amides is 2. The summed E-state index contributed by atoms with van der Waals surface area (Å²) < 4.78 is 0. The number of hydrogen-bond acceptors (Lipinski definition) is 4. The van der Waals surface area contributed by atoms with Gasteiger partial charge in [0.25, 0.3) is 0 Å². The topological polar surface area (TPSA) is 116 Å². The number of fused-ring (bicyclic) bond motifs is 2. The molecule has 2 aromatic heterocycles. The normalized spacial score (nSPS) is 12.2. The molecule has 3 aromatic carbocycles. The number of halogens is 1. The van der Waals surface area contributed by atoms with Crippen LogP contribution in [0.15, 0.2) is 66.7 Å². The van der Waals surface area contributed by atoms with Crippen LogP contribution in [0.5, 0.6) is 0 Å². The Morgan fingerprint density at radius 2 is 1.24 bits per heavy atom. The lowest BCUT2D eigenvalue weighted by Crippen LogP contribution is -2.19. The largest absolute Gasteiger partial charge is 0.337 e. The van der Waals surface area contributed by atoms with Crippen molar-refractivity contribution in [3.63, 3.8) is 0 Å². The van der Waals surface area contributed by atoms with Crippen LogP contribution in [0.2, 0.25) is 5.02 Å². The Balaban J connectivity index is 1.47. The molecule has 37 heavy (non-hydrogen) atoms. The summed E-state index contributed by atoms with van der Waals surface area (Å²) >= 11 is 6.09. The summed E-state index contributed by atoms with van der Waals surface area (Å²) in [5.74, 6) is 0.681. The molecule has 0 aliphatic rings. The Hall–Kier alpha value is -4.69. The van der Waals surface area contributed by atoms with Crippen LogP contribution >= 0.6 is 11.6 Å². The van der Waals surface area contributed by atoms with Gasteiger partial charge < -0.3 is 20.6 Å². The first-order valence-corrected chi connectivity index (χ1v) is 11.9. The molecule has 5 aromatic rings. The second-order valence-corrected chi connectivity index (χ2v) is 8.93. The Labute approximate surface area is 217 Å². The molecule has 0 spiro atoms. The van der Waals surface area contributed by atoms with Crippen molar-refractivity contribution in [2.24, 2.45) is 0 Å². The first-order valence-electron chi connectivity index (χ1n) is 11.5. The number of carbonyl (C=O) groups excluding carboxylic acids is 2. The zero-order chi connectivity index (χ0) is 25.9. The van der Waals surface area contributed by atoms with E-state index in [1.807, 2.05) is 66.7 Å². The molecule has 5 rings (SSSR count). The van der Waals surface area contributed by atoms with Crippen molar-refractivity contribution in [3.05, 3.63) is 94.5 Å². The molecule has 2 heterocycles. The SMILES string of the molecule is CC(=O)N/C(=C\c1ccc(/C=C(\NC(C)=O)c2nc3ccc(Cl)cc3[nH]2)cc1)c1nc2ccccc2[nH]1. The minimum atomic E-state index is -0.213. The maximum absolute atomic E-state index is 11.9. The van der Waals surface area contributed by atoms with Crippen molar-refractivity contribution in [1.29, 1.82) is 0 Å². The molecule has 9 heteroatoms. The third-order valence-corrected chi connectivity index (χ3v) is 5.76. The zero-order valence-electron chi connectivity index (χ0n) is 20.1. The van der Waals surface area contributed by atoms with Gasteiger partial charge in [0.1, 0.15) is 0 Å². The van der Waals surface area contributed by atoms with E-state index in [0.717, 1.165) is 33.2 Å². The highest BCUT2D eigenvalue weighted by molar-refractivity contribution is 6.31. The smallest absolute Gasteiger partial charge is 0.221 e. The van der Waals surface area contributed by atoms with Gasteiger partial charge in [-0.3, -0.25) is 9.59 Å². The summed E-state index contributed by atoms with van der Waals surface area (Å²) in [6.45, 7) is 2.91. The van der Waals surface area contributed by atoms with Gasteiger partial charge in [0.2, 0.25) is 11.8 Å². The highest BCUT2D eigenvalue weighted by Crippen LogP contribution is 2.22. The van der Waals surface area contributed by atoms with Crippen LogP contribution in [0, 0.1) is 0 Å². The molecule has 0 aliphatic carbocycles. The van der Waals surface area contributed by atoms with Crippen LogP contribution in [0.4, 0.5) is 0 Å². The van der Waals surface area contributed by atoms with Gasteiger partial charge in [-0.25, -0.2) is 9.97 Å². The molecule has 0 fully saturated rings. The van der Waals surface area contributed by atoms with Crippen LogP contribution < -0.4 is 10.6 Å². The predicted octanol–water partition coefficient (Wildman–Crippen LogP) is 5.36. The molecule has 0 saturated carbocycles. The molecule has 184 valence electrons. The van der Waals surface area contributed by atoms with Crippen molar-refractivity contribution in [2.45, 2.75) is 13.8 Å². The number of aromatic amines is 2. The minimum absolute atomic E-state index is 0.196. The standard InChI is InChI=1S/C28H23ClN6O2/c1-16(36)30-25(27-32-21-5-3-4-6-22(21)33-27)13-18-7-9-19(10-8-18)14-26(31-17(2)37)28-34-23-12-11-20(29)15-24(23)35-28/h3-15H,1-2H3,(H,30,36)(H,31,37)(H,32,33)(H,34,35)/b25-13-,26-14-. The fourth-order valence-electron chi connectivity index (χ4n) is 3.92. The van der Waals surface area contributed by atoms with Gasteiger partial charge in [-0.15, -0.1) is 0 Å². The maximum Gasteiger partial charge on any atom is 0.221 e. The van der Waals surface area contributed by atoms with Gasteiger partial charge >= 0.3 is 0 Å². The third-order valence-electron chi connectivity index (χ3n) is 5.52. The maximum atomic E-state index is 11.9. The zero-order valence-corrected chi connectivity index (χ0v) is 20.9. The second kappa shape index (κ2) is 10.1. The summed E-state index contributed by atoms with van der Waals surface area (Å²) in [4.78, 5) is 39.4. The Morgan fingerprint density at radius 1 is 0.730 bits per heavy atom. The van der Waals surface area contributed by atoms with E-state index in [1.54, 1.807) is 12.1 Å². The Morgan fingerprint density at radius 3 is 1.78 bits per heavy atom. The quantitative estimate of drug-likeness (QED) is 0.246. The van der Waals surface area contributed by atoms with Gasteiger partial charge in [-0.2, -0.15) is 0 Å². The van der Waals surface area contributed by atoms with E-state index < -0.39 is 0 Å². The number of H-pyrrole nitrogens is 2. The van der Waals surface area contributed by atoms with Gasteiger partial charge in [0.15, 0.2) is 11.6 Å². The van der Waals surface area contributed by atoms with E-state index in [2.05, 4.69) is 30.6 Å². The molecule has 0 atom stereocenters. The number of hydrogen-bond donors (Lipinski definition) is 4. The predicted molar refractivity (Wildman–Crippen MR) is 147 cm³/mol. The molecule has 0 saturated heterocycles. The van der Waals surface area contributed by atoms with Crippen LogP contribution in [-0.2, 0) is 9.59 Å². The van der Waals surface area contributed by atoms with Crippen LogP contribution in [0.25, 0.3) is 45.6 Å². The molecule has 8 nitrogen and oxygen atoms in total. The number of rotatable bonds is 6. The second-order valence-electron chi connectivity index (χ2n) is 8.49. The Kier molecular flexibility index (Phi) is 6.57. The van der Waals surface area contributed by atoms with Crippen LogP contribution in [-0.4, -0.2) is 31.8 Å². The number of carbonyl (C=O) groups is 2. The van der Waals surface area contributed by atoms with E-state index in [0.29, 0.717) is 28.1 Å². The number of aromatic nitrogens is 4. The number of nitrogens with zero attached hydrogens (tertiary/aromatic N) is 2. The van der Waals surface area contributed by atoms with Gasteiger partial charge in [-0.05, 0) is 53.6 Å². The number of imidazole rings is 2. The van der Waals surface area contributed by atoms with E-state index in [-0.39, 0.29) is 11.8 Å². The van der Waals surface area contributed by atoms with Gasteiger partial charge in [0, 0.05) is 18.9 Å². The lowest BCUT2D eigenvalue weighted by Gasteiger charge is -2.07. The molecule has 0 aliphatic heterocycles. The molecular weight excluding hydrogens is 488 g/mol. The molecule has 4 N–H and O–H groups in total. The van der Waals surface area contributed by atoms with Gasteiger partial charge in [-0.1, -0.05) is 48.0 Å². The summed E-state index contributed by atoms with van der Waals surface area (Å²) in [5.41, 5.74) is 6.02. The molecule has 0 unspecified atom stereocenters. The van der Waals surface area contributed by atoms with Crippen molar-refractivity contribution < 1.29 is 9.59 Å². The summed E-state index contributed by atoms with van der Waals surface area (Å²) in [6, 6.07) is 20.7. The summed E-state index contributed by atoms with van der Waals surface area (Å²) in [6.07, 6.45) is 3.69. The molecule has 0 bridgehead atoms. The lowest BCUT2D eigenvalue weighted by molar-refractivity contribution is -0.118. The highest BCUT2D eigenvalue weighted by atomic mass is 35.5. The van der Waals surface area contributed by atoms with Crippen molar-refractivity contribution in [1.82, 2.24) is 30.6 Å². The minimum Gasteiger partial charge on any atom is -0.337 e. The fourth-order valence-corrected chi connectivity index (χ4v) is 4.09. The molecular formula is C28H23ClN6O2. The van der Waals surface area contributed by atoms with Crippen LogP contribution in [0.3, 0.4) is 0 Å². The highest BCUT2D eigenvalue weighted by Gasteiger charge is 2.12. The van der Waals surface area contributed by atoms with E-state index in [9.17, 15) is 9.59 Å². The first-order chi connectivity index (χ1) is 17.8. The monoisotopic (exact) mass is 510 g/mol. The average Bonchev–Trinajstić information content (AvgIpc) is 3.48. The van der Waals surface area contributed by atoms with E-state index >= 15 is 0 Å². The van der Waals surface area contributed by atoms with E-state index in [4.69, 9.17) is 11.6 Å². The van der Waals surface area contributed by atoms with Gasteiger partial charge in [0.05, 0.1) is 33.5 Å². The average molecular weight is 511 g/mol. The van der Waals surface area contributed by atoms with E-state index in [1.165, 1.54) is 13.8 Å². The lowest BCUT2D eigenvalue weighted by atomic mass is 10.1. The van der Waals surface area contributed by atoms with Crippen molar-refractivity contribution >= 4 is 69.0 Å². The fraction of sp³-hybridized carbons (Fsp3) is 0.0714. The number of nitrogens with one attached hydrogen (secondary N) is 4. The third kappa shape index (κ3) is 5.60. The summed E-state index contributed by atoms with van der Waals surface area (Å²) in [5, 5.41) is 6.30. The van der Waals surface area contributed by atoms with Crippen LogP contribution in [0.1, 0.15) is 36.6 Å².